The molecule has 6 nitrogen and oxygen atoms in total. The van der Waals surface area contributed by atoms with Crippen molar-refractivity contribution < 1.29 is 14.6 Å². The van der Waals surface area contributed by atoms with Crippen LogP contribution in [0.1, 0.15) is 41.3 Å². The number of carboxylic acid groups (broad SMARTS) is 1. The van der Waals surface area contributed by atoms with Gasteiger partial charge in [-0.25, -0.2) is 5.43 Å². The molecule has 3 N–H and O–H groups in total. The highest BCUT2D eigenvalue weighted by Gasteiger charge is 2.24. The number of fused-ring (bicyclic) bond motifs is 1. The van der Waals surface area contributed by atoms with Crippen LogP contribution in [-0.2, 0) is 24.2 Å². The molecule has 136 valence electrons. The molecule has 26 heavy (non-hydrogen) atoms. The van der Waals surface area contributed by atoms with Gasteiger partial charge in [-0.2, -0.15) is 0 Å². The lowest BCUT2D eigenvalue weighted by molar-refractivity contribution is -0.142. The summed E-state index contributed by atoms with van der Waals surface area (Å²) in [5.74, 6) is -0.231. The number of hydrogen-bond donors (Lipinski definition) is 3. The first kappa shape index (κ1) is 17.0. The summed E-state index contributed by atoms with van der Waals surface area (Å²) in [6.45, 7) is 1.40. The fraction of sp³-hybridized carbons (Fsp3) is 0.400. The Balaban J connectivity index is 1.39. The Morgan fingerprint density at radius 2 is 2.15 bits per heavy atom. The Hall–Kier alpha value is -2.44. The topological polar surface area (TPSA) is 83.5 Å². The Labute approximate surface area is 152 Å². The van der Waals surface area contributed by atoms with Crippen molar-refractivity contribution in [2.24, 2.45) is 5.92 Å². The molecule has 0 amide bonds. The number of carbonyl (C=O) groups is 1. The number of rotatable bonds is 5. The molecule has 2 atom stereocenters. The van der Waals surface area contributed by atoms with Crippen molar-refractivity contribution >= 4 is 5.97 Å². The number of carboxylic acids is 1. The van der Waals surface area contributed by atoms with Crippen molar-refractivity contribution in [3.8, 4) is 5.75 Å². The fourth-order valence-electron chi connectivity index (χ4n) is 3.67. The summed E-state index contributed by atoms with van der Waals surface area (Å²) in [5, 5.41) is 9.25. The zero-order valence-electron chi connectivity index (χ0n) is 14.6. The number of hydrazine groups is 1. The van der Waals surface area contributed by atoms with Crippen LogP contribution >= 0.6 is 0 Å². The minimum atomic E-state index is -0.699. The molecule has 0 radical (unpaired) electrons. The van der Waals surface area contributed by atoms with E-state index in [1.54, 1.807) is 6.20 Å². The van der Waals surface area contributed by atoms with Crippen LogP contribution in [0.25, 0.3) is 0 Å². The number of hydrogen-bond acceptors (Lipinski definition) is 5. The van der Waals surface area contributed by atoms with Gasteiger partial charge in [-0.05, 0) is 54.5 Å². The highest BCUT2D eigenvalue weighted by atomic mass is 16.5. The lowest BCUT2D eigenvalue weighted by atomic mass is 9.83. The summed E-state index contributed by atoms with van der Waals surface area (Å²) in [4.78, 5) is 15.7. The first-order valence-electron chi connectivity index (χ1n) is 9.09. The lowest BCUT2D eigenvalue weighted by Crippen LogP contribution is -2.25. The van der Waals surface area contributed by atoms with Gasteiger partial charge in [0.2, 0.25) is 0 Å². The highest BCUT2D eigenvalue weighted by molar-refractivity contribution is 5.71. The van der Waals surface area contributed by atoms with Gasteiger partial charge in [-0.3, -0.25) is 15.2 Å². The number of aromatic nitrogens is 1. The number of nitrogens with zero attached hydrogens (tertiary/aromatic N) is 1. The molecule has 0 saturated carbocycles. The van der Waals surface area contributed by atoms with Crippen LogP contribution in [0.2, 0.25) is 0 Å². The molecule has 2 unspecified atom stereocenters. The normalized spacial score (nSPS) is 22.0. The fourth-order valence-corrected chi connectivity index (χ4v) is 3.67. The second-order valence-electron chi connectivity index (χ2n) is 7.00. The second kappa shape index (κ2) is 7.43. The Bertz CT molecular complexity index is 785. The smallest absolute Gasteiger partial charge is 0.306 e. The SMILES string of the molecule is O=C(O)C1CCc2ccc(COc3ccc(C4CCNN4)nc3)cc2C1. The van der Waals surface area contributed by atoms with Crippen molar-refractivity contribution in [2.75, 3.05) is 6.54 Å². The average Bonchev–Trinajstić information content (AvgIpc) is 3.21. The molecule has 1 aliphatic carbocycles. The second-order valence-corrected chi connectivity index (χ2v) is 7.00. The number of pyridine rings is 1. The maximum Gasteiger partial charge on any atom is 0.306 e. The molecule has 6 heteroatoms. The molecular formula is C20H23N3O3. The van der Waals surface area contributed by atoms with E-state index < -0.39 is 5.97 Å². The maximum atomic E-state index is 11.2. The van der Waals surface area contributed by atoms with Crippen molar-refractivity contribution in [3.05, 3.63) is 58.9 Å². The Morgan fingerprint density at radius 1 is 1.23 bits per heavy atom. The summed E-state index contributed by atoms with van der Waals surface area (Å²) < 4.78 is 5.86. The van der Waals surface area contributed by atoms with E-state index in [2.05, 4.69) is 34.0 Å². The molecule has 1 aromatic heterocycles. The Morgan fingerprint density at radius 3 is 2.88 bits per heavy atom. The van der Waals surface area contributed by atoms with Crippen LogP contribution in [0.5, 0.6) is 5.75 Å². The van der Waals surface area contributed by atoms with Gasteiger partial charge in [0.1, 0.15) is 12.4 Å². The van der Waals surface area contributed by atoms with Gasteiger partial charge >= 0.3 is 5.97 Å². The largest absolute Gasteiger partial charge is 0.487 e. The van der Waals surface area contributed by atoms with Crippen LogP contribution in [0, 0.1) is 5.92 Å². The summed E-state index contributed by atoms with van der Waals surface area (Å²) in [7, 11) is 0. The molecule has 2 aromatic rings. The summed E-state index contributed by atoms with van der Waals surface area (Å²) in [6, 6.07) is 10.4. The molecule has 4 rings (SSSR count). The van der Waals surface area contributed by atoms with Crippen molar-refractivity contribution in [1.29, 1.82) is 0 Å². The number of nitrogens with one attached hydrogen (secondary N) is 2. The highest BCUT2D eigenvalue weighted by Crippen LogP contribution is 2.27. The van der Waals surface area contributed by atoms with Crippen molar-refractivity contribution in [2.45, 2.75) is 38.3 Å². The molecule has 0 spiro atoms. The summed E-state index contributed by atoms with van der Waals surface area (Å²) in [5.41, 5.74) is 10.8. The number of aryl methyl sites for hydroxylation is 1. The van der Waals surface area contributed by atoms with E-state index in [9.17, 15) is 9.90 Å². The third-order valence-electron chi connectivity index (χ3n) is 5.20. The van der Waals surface area contributed by atoms with E-state index in [0.29, 0.717) is 13.0 Å². The van der Waals surface area contributed by atoms with E-state index in [0.717, 1.165) is 48.4 Å². The van der Waals surface area contributed by atoms with E-state index >= 15 is 0 Å². The van der Waals surface area contributed by atoms with Crippen LogP contribution < -0.4 is 15.6 Å². The predicted molar refractivity (Wildman–Crippen MR) is 96.7 cm³/mol. The number of aliphatic carboxylic acids is 1. The molecule has 1 fully saturated rings. The average molecular weight is 353 g/mol. The predicted octanol–water partition coefficient (Wildman–Crippen LogP) is 2.39. The molecule has 1 aromatic carbocycles. The van der Waals surface area contributed by atoms with E-state index in [1.807, 2.05) is 12.1 Å². The quantitative estimate of drug-likeness (QED) is 0.766. The van der Waals surface area contributed by atoms with E-state index in [1.165, 1.54) is 5.56 Å². The van der Waals surface area contributed by atoms with Crippen molar-refractivity contribution in [1.82, 2.24) is 15.8 Å². The minimum absolute atomic E-state index is 0.256. The van der Waals surface area contributed by atoms with Crippen LogP contribution in [-0.4, -0.2) is 22.6 Å². The zero-order valence-corrected chi connectivity index (χ0v) is 14.6. The standard InChI is InChI=1S/C20H23N3O3/c24-20(25)15-4-3-14-2-1-13(9-16(14)10-15)12-26-17-5-6-18(21-11-17)19-7-8-22-23-19/h1-2,5-6,9,11,15,19,22-23H,3-4,7-8,10,12H2,(H,24,25). The monoisotopic (exact) mass is 353 g/mol. The first-order chi connectivity index (χ1) is 12.7. The minimum Gasteiger partial charge on any atom is -0.487 e. The molecule has 2 aliphatic rings. The van der Waals surface area contributed by atoms with Crippen LogP contribution in [0.3, 0.4) is 0 Å². The van der Waals surface area contributed by atoms with Gasteiger partial charge < -0.3 is 9.84 Å². The van der Waals surface area contributed by atoms with Gasteiger partial charge in [0.15, 0.2) is 0 Å². The maximum absolute atomic E-state index is 11.2. The number of ether oxygens (including phenoxy) is 1. The third kappa shape index (κ3) is 3.71. The van der Waals surface area contributed by atoms with E-state index in [-0.39, 0.29) is 12.0 Å². The Kier molecular flexibility index (Phi) is 4.86. The van der Waals surface area contributed by atoms with Crippen LogP contribution in [0.15, 0.2) is 36.5 Å². The van der Waals surface area contributed by atoms with Gasteiger partial charge in [0, 0.05) is 6.54 Å². The number of benzene rings is 1. The molecule has 1 aliphatic heterocycles. The molecular weight excluding hydrogens is 330 g/mol. The van der Waals surface area contributed by atoms with E-state index in [4.69, 9.17) is 4.74 Å². The van der Waals surface area contributed by atoms with Gasteiger partial charge in [-0.15, -0.1) is 0 Å². The molecule has 1 saturated heterocycles. The summed E-state index contributed by atoms with van der Waals surface area (Å²) in [6.07, 6.45) is 4.95. The first-order valence-corrected chi connectivity index (χ1v) is 9.09. The van der Waals surface area contributed by atoms with Crippen molar-refractivity contribution in [3.63, 3.8) is 0 Å². The lowest BCUT2D eigenvalue weighted by Gasteiger charge is -2.22. The van der Waals surface area contributed by atoms with Gasteiger partial charge in [0.25, 0.3) is 0 Å². The summed E-state index contributed by atoms with van der Waals surface area (Å²) >= 11 is 0. The zero-order chi connectivity index (χ0) is 17.9. The van der Waals surface area contributed by atoms with Gasteiger partial charge in [-0.1, -0.05) is 18.2 Å². The molecule has 0 bridgehead atoms. The van der Waals surface area contributed by atoms with Crippen LogP contribution in [0.4, 0.5) is 0 Å². The van der Waals surface area contributed by atoms with Gasteiger partial charge in [0.05, 0.1) is 23.9 Å². The third-order valence-corrected chi connectivity index (χ3v) is 5.20. The molecule has 2 heterocycles.